The number of carbonyl (C=O) groups excluding carboxylic acids is 2. The Morgan fingerprint density at radius 1 is 1.39 bits per heavy atom. The molecule has 0 aliphatic heterocycles. The van der Waals surface area contributed by atoms with Crippen LogP contribution in [-0.2, 0) is 9.53 Å². The molecule has 0 atom stereocenters. The van der Waals surface area contributed by atoms with Crippen molar-refractivity contribution in [2.45, 2.75) is 18.7 Å². The van der Waals surface area contributed by atoms with Crippen LogP contribution in [-0.4, -0.2) is 29.1 Å². The highest BCUT2D eigenvalue weighted by atomic mass is 32.2. The van der Waals surface area contributed by atoms with Crippen LogP contribution in [0, 0.1) is 6.92 Å². The van der Waals surface area contributed by atoms with Crippen LogP contribution in [0.5, 0.6) is 0 Å². The van der Waals surface area contributed by atoms with E-state index in [2.05, 4.69) is 9.89 Å². The van der Waals surface area contributed by atoms with Crippen LogP contribution >= 0.6 is 11.8 Å². The Kier molecular flexibility index (Phi) is 4.91. The summed E-state index contributed by atoms with van der Waals surface area (Å²) in [4.78, 5) is 23.2. The molecule has 1 rings (SSSR count). The second-order valence-corrected chi connectivity index (χ2v) is 4.57. The van der Waals surface area contributed by atoms with Gasteiger partial charge in [-0.15, -0.1) is 0 Å². The molecule has 1 aromatic carbocycles. The Hall–Kier alpha value is -1.82. The molecule has 96 valence electrons. The van der Waals surface area contributed by atoms with Gasteiger partial charge in [0.15, 0.2) is 5.78 Å². The maximum Gasteiger partial charge on any atom is 0.367 e. The second kappa shape index (κ2) is 6.20. The summed E-state index contributed by atoms with van der Waals surface area (Å²) in [6, 6.07) is 5.12. The lowest BCUT2D eigenvalue weighted by molar-refractivity contribution is -0.132. The molecule has 0 aromatic heterocycles. The highest BCUT2D eigenvalue weighted by Crippen LogP contribution is 2.25. The first-order valence-electron chi connectivity index (χ1n) is 5.09. The normalized spacial score (nSPS) is 11.2. The average molecular weight is 267 g/mol. The summed E-state index contributed by atoms with van der Waals surface area (Å²) in [6.45, 7) is 3.29. The van der Waals surface area contributed by atoms with Gasteiger partial charge >= 0.3 is 5.97 Å². The van der Waals surface area contributed by atoms with E-state index in [0.717, 1.165) is 17.3 Å². The van der Waals surface area contributed by atoms with Gasteiger partial charge in [-0.25, -0.2) is 4.79 Å². The molecule has 0 heterocycles. The fourth-order valence-electron chi connectivity index (χ4n) is 1.22. The van der Waals surface area contributed by atoms with Gasteiger partial charge in [-0.1, -0.05) is 29.1 Å². The van der Waals surface area contributed by atoms with Crippen molar-refractivity contribution < 1.29 is 19.5 Å². The van der Waals surface area contributed by atoms with Crippen LogP contribution in [0.2, 0.25) is 0 Å². The number of thioether (sulfide) groups is 1. The van der Waals surface area contributed by atoms with Crippen LogP contribution < -0.4 is 0 Å². The van der Waals surface area contributed by atoms with Crippen LogP contribution in [0.3, 0.4) is 0 Å². The molecule has 0 bridgehead atoms. The maximum atomic E-state index is 11.3. The molecule has 5 nitrogen and oxygen atoms in total. The largest absolute Gasteiger partial charge is 0.464 e. The molecule has 0 aliphatic rings. The smallest absolute Gasteiger partial charge is 0.367 e. The minimum atomic E-state index is -0.727. The van der Waals surface area contributed by atoms with Gasteiger partial charge in [0.1, 0.15) is 0 Å². The zero-order valence-corrected chi connectivity index (χ0v) is 11.1. The van der Waals surface area contributed by atoms with E-state index in [4.69, 9.17) is 5.21 Å². The monoisotopic (exact) mass is 267 g/mol. The number of ether oxygens (including phenoxy) is 1. The number of methoxy groups -OCH3 is 1. The summed E-state index contributed by atoms with van der Waals surface area (Å²) < 4.78 is 4.48. The van der Waals surface area contributed by atoms with E-state index >= 15 is 0 Å². The first-order chi connectivity index (χ1) is 8.49. The van der Waals surface area contributed by atoms with Crippen molar-refractivity contribution in [3.63, 3.8) is 0 Å². The molecule has 0 saturated heterocycles. The van der Waals surface area contributed by atoms with E-state index in [9.17, 15) is 9.59 Å². The van der Waals surface area contributed by atoms with Gasteiger partial charge < -0.3 is 9.94 Å². The van der Waals surface area contributed by atoms with Crippen molar-refractivity contribution >= 4 is 28.6 Å². The average Bonchev–Trinajstić information content (AvgIpc) is 2.36. The molecule has 1 N–H and O–H groups in total. The van der Waals surface area contributed by atoms with E-state index in [1.165, 1.54) is 14.0 Å². The van der Waals surface area contributed by atoms with Crippen molar-refractivity contribution in [1.82, 2.24) is 0 Å². The van der Waals surface area contributed by atoms with Crippen molar-refractivity contribution in [1.29, 1.82) is 0 Å². The van der Waals surface area contributed by atoms with Crippen molar-refractivity contribution in [2.75, 3.05) is 7.11 Å². The standard InChI is InChI=1S/C12H13NO4S/c1-7-4-5-9(8(2)14)6-10(7)18-11(13-16)12(15)17-3/h4-6,16H,1-3H3/b13-11+. The topological polar surface area (TPSA) is 76.0 Å². The van der Waals surface area contributed by atoms with Gasteiger partial charge in [-0.2, -0.15) is 0 Å². The van der Waals surface area contributed by atoms with Crippen molar-refractivity contribution in [2.24, 2.45) is 5.16 Å². The van der Waals surface area contributed by atoms with E-state index in [1.807, 2.05) is 6.92 Å². The molecular formula is C12H13NO4S. The third kappa shape index (κ3) is 3.33. The molecule has 6 heteroatoms. The van der Waals surface area contributed by atoms with E-state index in [-0.39, 0.29) is 10.8 Å². The van der Waals surface area contributed by atoms with E-state index < -0.39 is 5.97 Å². The fourth-order valence-corrected chi connectivity index (χ4v) is 2.05. The number of ketones is 1. The predicted molar refractivity (Wildman–Crippen MR) is 68.3 cm³/mol. The fraction of sp³-hybridized carbons (Fsp3) is 0.250. The molecule has 0 saturated carbocycles. The lowest BCUT2D eigenvalue weighted by Crippen LogP contribution is -2.12. The number of oxime groups is 1. The number of nitrogens with zero attached hydrogens (tertiary/aromatic N) is 1. The Morgan fingerprint density at radius 2 is 2.06 bits per heavy atom. The molecule has 0 spiro atoms. The molecule has 0 unspecified atom stereocenters. The SMILES string of the molecule is COC(=O)/C(=N\O)Sc1cc(C(C)=O)ccc1C. The van der Waals surface area contributed by atoms with Crippen molar-refractivity contribution in [3.8, 4) is 0 Å². The lowest BCUT2D eigenvalue weighted by atomic mass is 10.1. The highest BCUT2D eigenvalue weighted by molar-refractivity contribution is 8.15. The first kappa shape index (κ1) is 14.2. The van der Waals surface area contributed by atoms with Crippen LogP contribution in [0.4, 0.5) is 0 Å². The van der Waals surface area contributed by atoms with Crippen LogP contribution in [0.25, 0.3) is 0 Å². The Bertz CT molecular complexity index is 511. The minimum Gasteiger partial charge on any atom is -0.464 e. The molecule has 1 aromatic rings. The number of rotatable bonds is 2. The molecule has 18 heavy (non-hydrogen) atoms. The summed E-state index contributed by atoms with van der Waals surface area (Å²) in [6.07, 6.45) is 0. The number of hydrogen-bond donors (Lipinski definition) is 1. The molecule has 0 aliphatic carbocycles. The van der Waals surface area contributed by atoms with Gasteiger partial charge in [-0.05, 0) is 25.5 Å². The van der Waals surface area contributed by atoms with Gasteiger partial charge in [-0.3, -0.25) is 4.79 Å². The number of hydrogen-bond acceptors (Lipinski definition) is 6. The number of carbonyl (C=O) groups is 2. The molecule has 0 fully saturated rings. The zero-order chi connectivity index (χ0) is 13.7. The van der Waals surface area contributed by atoms with Crippen molar-refractivity contribution in [3.05, 3.63) is 29.3 Å². The minimum absolute atomic E-state index is 0.0718. The predicted octanol–water partition coefficient (Wildman–Crippen LogP) is 2.25. The van der Waals surface area contributed by atoms with Crippen LogP contribution in [0.1, 0.15) is 22.8 Å². The van der Waals surface area contributed by atoms with E-state index in [0.29, 0.717) is 10.5 Å². The summed E-state index contributed by atoms with van der Waals surface area (Å²) >= 11 is 0.953. The van der Waals surface area contributed by atoms with E-state index in [1.54, 1.807) is 18.2 Å². The summed E-state index contributed by atoms with van der Waals surface area (Å²) in [5.41, 5.74) is 1.40. The van der Waals surface area contributed by atoms with Gasteiger partial charge in [0.2, 0.25) is 5.04 Å². The lowest BCUT2D eigenvalue weighted by Gasteiger charge is -2.07. The Labute approximate surface area is 109 Å². The third-order valence-corrected chi connectivity index (χ3v) is 3.35. The first-order valence-corrected chi connectivity index (χ1v) is 5.91. The maximum absolute atomic E-state index is 11.3. The quantitative estimate of drug-likeness (QED) is 0.169. The molecule has 0 radical (unpaired) electrons. The molecule has 0 amide bonds. The zero-order valence-electron chi connectivity index (χ0n) is 10.3. The van der Waals surface area contributed by atoms with Gasteiger partial charge in [0.05, 0.1) is 7.11 Å². The summed E-state index contributed by atoms with van der Waals surface area (Å²) in [7, 11) is 1.20. The third-order valence-electron chi connectivity index (χ3n) is 2.25. The second-order valence-electron chi connectivity index (χ2n) is 3.54. The van der Waals surface area contributed by atoms with Crippen LogP contribution in [0.15, 0.2) is 28.3 Å². The molecular weight excluding hydrogens is 254 g/mol. The number of esters is 1. The number of aryl methyl sites for hydroxylation is 1. The number of benzene rings is 1. The Morgan fingerprint density at radius 3 is 2.56 bits per heavy atom. The Balaban J connectivity index is 3.06. The summed E-state index contributed by atoms with van der Waals surface area (Å²) in [5, 5.41) is 11.5. The summed E-state index contributed by atoms with van der Waals surface area (Å²) in [5.74, 6) is -0.799. The highest BCUT2D eigenvalue weighted by Gasteiger charge is 2.16. The number of Topliss-reactive ketones (excluding diaryl/α,β-unsaturated/α-hetero) is 1. The van der Waals surface area contributed by atoms with Gasteiger partial charge in [0.25, 0.3) is 0 Å². The van der Waals surface area contributed by atoms with Gasteiger partial charge in [0, 0.05) is 10.5 Å².